The van der Waals surface area contributed by atoms with E-state index in [9.17, 15) is 14.4 Å². The van der Waals surface area contributed by atoms with Gasteiger partial charge < -0.3 is 34.4 Å². The van der Waals surface area contributed by atoms with Gasteiger partial charge in [0.25, 0.3) is 0 Å². The summed E-state index contributed by atoms with van der Waals surface area (Å²) in [7, 11) is 1.66. The molecule has 38 heavy (non-hydrogen) atoms. The lowest BCUT2D eigenvalue weighted by Crippen LogP contribution is -2.56. The first kappa shape index (κ1) is 28.3. The molecule has 4 rings (SSSR count). The van der Waals surface area contributed by atoms with Crippen molar-refractivity contribution in [3.05, 3.63) is 41.5 Å². The lowest BCUT2D eigenvalue weighted by atomic mass is 9.68. The molecule has 9 heteroatoms. The van der Waals surface area contributed by atoms with E-state index < -0.39 is 12.2 Å². The first-order chi connectivity index (χ1) is 18.1. The monoisotopic (exact) mass is 528 g/mol. The molecule has 0 radical (unpaired) electrons. The quantitative estimate of drug-likeness (QED) is 0.325. The van der Waals surface area contributed by atoms with Crippen LogP contribution in [0.2, 0.25) is 0 Å². The summed E-state index contributed by atoms with van der Waals surface area (Å²) in [6.07, 6.45) is 3.72. The van der Waals surface area contributed by atoms with Crippen molar-refractivity contribution in [1.29, 1.82) is 0 Å². The molecular formula is C29H40N2O7. The molecule has 1 unspecified atom stereocenters. The van der Waals surface area contributed by atoms with E-state index in [4.69, 9.17) is 18.9 Å². The topological polar surface area (TPSA) is 119 Å². The maximum atomic E-state index is 12.7. The molecule has 2 aliphatic heterocycles. The van der Waals surface area contributed by atoms with E-state index in [2.05, 4.69) is 37.5 Å². The van der Waals surface area contributed by atoms with E-state index in [1.165, 1.54) is 12.5 Å². The Morgan fingerprint density at radius 2 is 1.84 bits per heavy atom. The zero-order chi connectivity index (χ0) is 27.5. The van der Waals surface area contributed by atoms with Crippen LogP contribution in [0, 0.1) is 5.92 Å². The number of benzene rings is 1. The largest absolute Gasteiger partial charge is 0.443 e. The molecule has 2 saturated heterocycles. The van der Waals surface area contributed by atoms with Crippen LogP contribution in [0.5, 0.6) is 0 Å². The van der Waals surface area contributed by atoms with Gasteiger partial charge in [-0.25, -0.2) is 4.79 Å². The number of amides is 2. The highest BCUT2D eigenvalue weighted by Gasteiger charge is 2.72. The van der Waals surface area contributed by atoms with Crippen LogP contribution in [-0.4, -0.2) is 61.0 Å². The smallest absolute Gasteiger partial charge is 0.407 e. The molecule has 1 spiro atoms. The van der Waals surface area contributed by atoms with E-state index in [1.807, 2.05) is 12.1 Å². The van der Waals surface area contributed by atoms with Crippen LogP contribution in [-0.2, 0) is 35.1 Å². The van der Waals surface area contributed by atoms with Crippen LogP contribution in [0.25, 0.3) is 0 Å². The van der Waals surface area contributed by atoms with Crippen molar-refractivity contribution in [3.63, 3.8) is 0 Å². The molecule has 208 valence electrons. The number of rotatable bonds is 11. The Morgan fingerprint density at radius 1 is 1.13 bits per heavy atom. The summed E-state index contributed by atoms with van der Waals surface area (Å²) in [5.41, 5.74) is 2.10. The second-order valence-electron chi connectivity index (χ2n) is 11.1. The van der Waals surface area contributed by atoms with Gasteiger partial charge in [-0.1, -0.05) is 23.8 Å². The third-order valence-corrected chi connectivity index (χ3v) is 7.87. The third-order valence-electron chi connectivity index (χ3n) is 7.87. The summed E-state index contributed by atoms with van der Waals surface area (Å²) in [5, 5.41) is 5.58. The summed E-state index contributed by atoms with van der Waals surface area (Å²) in [5.74, 6) is -0.256. The molecule has 1 saturated carbocycles. The fourth-order valence-corrected chi connectivity index (χ4v) is 5.64. The van der Waals surface area contributed by atoms with Gasteiger partial charge in [-0.15, -0.1) is 0 Å². The van der Waals surface area contributed by atoms with Gasteiger partial charge in [0.15, 0.2) is 0 Å². The van der Waals surface area contributed by atoms with Crippen molar-refractivity contribution in [2.24, 2.45) is 5.92 Å². The molecular weight excluding hydrogens is 488 g/mol. The maximum absolute atomic E-state index is 12.7. The number of methoxy groups -OCH3 is 1. The molecule has 2 amide bonds. The van der Waals surface area contributed by atoms with Gasteiger partial charge in [0.1, 0.15) is 29.2 Å². The molecule has 3 fully saturated rings. The van der Waals surface area contributed by atoms with Crippen molar-refractivity contribution >= 4 is 23.5 Å². The molecule has 1 aromatic rings. The molecule has 1 aliphatic carbocycles. The Kier molecular flexibility index (Phi) is 8.59. The average Bonchev–Trinajstić information content (AvgIpc) is 3.79. The predicted octanol–water partition coefficient (Wildman–Crippen LogP) is 4.30. The van der Waals surface area contributed by atoms with E-state index in [0.717, 1.165) is 18.4 Å². The number of ether oxygens (including phenoxy) is 4. The molecule has 9 nitrogen and oxygen atoms in total. The number of epoxide rings is 2. The van der Waals surface area contributed by atoms with Gasteiger partial charge in [-0.05, 0) is 64.7 Å². The van der Waals surface area contributed by atoms with Gasteiger partial charge in [0, 0.05) is 32.2 Å². The third kappa shape index (κ3) is 6.62. The van der Waals surface area contributed by atoms with Crippen LogP contribution >= 0.6 is 0 Å². The van der Waals surface area contributed by atoms with E-state index >= 15 is 0 Å². The van der Waals surface area contributed by atoms with Crippen molar-refractivity contribution in [1.82, 2.24) is 5.32 Å². The predicted molar refractivity (Wildman–Crippen MR) is 142 cm³/mol. The lowest BCUT2D eigenvalue weighted by molar-refractivity contribution is -0.121. The molecule has 2 N–H and O–H groups in total. The Morgan fingerprint density at radius 3 is 2.45 bits per heavy atom. The average molecular weight is 529 g/mol. The summed E-state index contributed by atoms with van der Waals surface area (Å²) in [4.78, 5) is 35.7. The minimum absolute atomic E-state index is 0.0202. The Labute approximate surface area is 224 Å². The lowest BCUT2D eigenvalue weighted by Gasteiger charge is -2.42. The number of nitrogens with one attached hydrogen (secondary N) is 2. The highest BCUT2D eigenvalue weighted by molar-refractivity contribution is 5.93. The summed E-state index contributed by atoms with van der Waals surface area (Å²) in [6.45, 7) is 8.70. The Balaban J connectivity index is 1.30. The highest BCUT2D eigenvalue weighted by Crippen LogP contribution is 2.59. The number of carbonyl (C=O) groups excluding carboxylic acids is 3. The van der Waals surface area contributed by atoms with Crippen molar-refractivity contribution in [2.45, 2.75) is 95.9 Å². The van der Waals surface area contributed by atoms with Crippen LogP contribution in [0.15, 0.2) is 35.9 Å². The number of alkyl carbamates (subject to hydrolysis) is 1. The van der Waals surface area contributed by atoms with Gasteiger partial charge >= 0.3 is 6.09 Å². The SMILES string of the molecule is CO[C@H]1[C@H](C2(C)O[C@@H]2CC=C(C)C)[C@]2(CC[C@H]1OC(=O)NCc1ccc(NC(=O)CCC(C)=O)cc1)CO2. The number of carbonyl (C=O) groups is 3. The number of anilines is 1. The first-order valence-corrected chi connectivity index (χ1v) is 13.4. The van der Waals surface area contributed by atoms with Crippen LogP contribution < -0.4 is 10.6 Å². The highest BCUT2D eigenvalue weighted by atomic mass is 16.6. The second-order valence-corrected chi connectivity index (χ2v) is 11.1. The first-order valence-electron chi connectivity index (χ1n) is 13.4. The number of ketones is 1. The van der Waals surface area contributed by atoms with Crippen molar-refractivity contribution in [2.75, 3.05) is 19.0 Å². The van der Waals surface area contributed by atoms with Crippen LogP contribution in [0.3, 0.4) is 0 Å². The van der Waals surface area contributed by atoms with Crippen molar-refractivity contribution < 1.29 is 33.3 Å². The van der Waals surface area contributed by atoms with Crippen LogP contribution in [0.4, 0.5) is 10.5 Å². The summed E-state index contributed by atoms with van der Waals surface area (Å²) < 4.78 is 24.0. The zero-order valence-corrected chi connectivity index (χ0v) is 23.0. The fraction of sp³-hybridized carbons (Fsp3) is 0.621. The van der Waals surface area contributed by atoms with Crippen molar-refractivity contribution in [3.8, 4) is 0 Å². The van der Waals surface area contributed by atoms with Gasteiger partial charge in [-0.2, -0.15) is 0 Å². The van der Waals surface area contributed by atoms with E-state index in [0.29, 0.717) is 18.7 Å². The van der Waals surface area contributed by atoms with Gasteiger partial charge in [0.05, 0.1) is 18.6 Å². The number of hydrogen-bond acceptors (Lipinski definition) is 7. The minimum Gasteiger partial charge on any atom is -0.443 e. The van der Waals surface area contributed by atoms with Gasteiger partial charge in [0.2, 0.25) is 5.91 Å². The normalized spacial score (nSPS) is 31.3. The Bertz CT molecular complexity index is 1060. The molecule has 2 heterocycles. The summed E-state index contributed by atoms with van der Waals surface area (Å²) in [6, 6.07) is 7.17. The minimum atomic E-state index is -0.506. The maximum Gasteiger partial charge on any atom is 0.407 e. The molecule has 0 bridgehead atoms. The molecule has 6 atom stereocenters. The van der Waals surface area contributed by atoms with E-state index in [1.54, 1.807) is 19.2 Å². The standard InChI is InChI=1S/C29H40N2O7/c1-18(2)6-12-23-28(4,38-23)26-25(35-5)22(14-15-29(26)17-36-29)37-27(34)30-16-20-8-10-21(11-9-20)31-24(33)13-7-19(3)32/h6,8-11,22-23,25-26H,7,12-17H2,1-5H3,(H,30,34)(H,31,33)/t22-,23-,25-,26-,28?,29+/m1/s1. The summed E-state index contributed by atoms with van der Waals surface area (Å²) >= 11 is 0. The fourth-order valence-electron chi connectivity index (χ4n) is 5.64. The van der Waals surface area contributed by atoms with E-state index in [-0.39, 0.29) is 60.4 Å². The van der Waals surface area contributed by atoms with Gasteiger partial charge in [-0.3, -0.25) is 4.79 Å². The number of hydrogen-bond donors (Lipinski definition) is 2. The molecule has 0 aromatic heterocycles. The zero-order valence-electron chi connectivity index (χ0n) is 23.0. The molecule has 1 aromatic carbocycles. The molecule has 3 aliphatic rings. The Hall–Kier alpha value is -2.75. The van der Waals surface area contributed by atoms with Crippen LogP contribution in [0.1, 0.15) is 65.4 Å². The number of Topliss-reactive ketones (excluding diaryl/α,β-unsaturated/α-hetero) is 1. The number of allylic oxidation sites excluding steroid dienone is 1. The second kappa shape index (κ2) is 11.6.